The molecular formula is C23H23F3N4O3S. The zero-order chi connectivity index (χ0) is 24.3. The molecule has 7 nitrogen and oxygen atoms in total. The molecule has 1 aliphatic heterocycles. The number of morpholine rings is 1. The molecule has 4 rings (SSSR count). The van der Waals surface area contributed by atoms with Crippen LogP contribution in [0.5, 0.6) is 0 Å². The monoisotopic (exact) mass is 492 g/mol. The highest BCUT2D eigenvalue weighted by molar-refractivity contribution is 7.99. The molecule has 0 bridgehead atoms. The highest BCUT2D eigenvalue weighted by Gasteiger charge is 2.32. The maximum atomic E-state index is 13.3. The van der Waals surface area contributed by atoms with Gasteiger partial charge in [0.15, 0.2) is 0 Å². The van der Waals surface area contributed by atoms with Gasteiger partial charge in [-0.3, -0.25) is 4.79 Å². The summed E-state index contributed by atoms with van der Waals surface area (Å²) < 4.78 is 50.8. The van der Waals surface area contributed by atoms with Gasteiger partial charge < -0.3 is 19.4 Å². The van der Waals surface area contributed by atoms with Crippen LogP contribution >= 0.6 is 11.8 Å². The molecule has 0 unspecified atom stereocenters. The van der Waals surface area contributed by atoms with Crippen LogP contribution in [0.25, 0.3) is 11.5 Å². The number of hydrogen-bond acceptors (Lipinski definition) is 7. The standard InChI is InChI=1S/C23H23F3N4O3S/c1-14-9-15(2)11-16(10-14)21-28-29-22(33-21)34-13-20(31)27-18-12-17(23(24,25)26)3-4-19(18)30-5-7-32-8-6-30/h3-4,9-12H,5-8,13H2,1-2H3,(H,27,31). The summed E-state index contributed by atoms with van der Waals surface area (Å²) in [5, 5.41) is 10.8. The summed E-state index contributed by atoms with van der Waals surface area (Å²) in [6, 6.07) is 9.22. The summed E-state index contributed by atoms with van der Waals surface area (Å²) in [7, 11) is 0. The lowest BCUT2D eigenvalue weighted by Gasteiger charge is -2.31. The van der Waals surface area contributed by atoms with Crippen LogP contribution in [0, 0.1) is 13.8 Å². The molecule has 1 N–H and O–H groups in total. The van der Waals surface area contributed by atoms with Crippen LogP contribution < -0.4 is 10.2 Å². The summed E-state index contributed by atoms with van der Waals surface area (Å²) in [5.41, 5.74) is 2.68. The Hall–Kier alpha value is -3.05. The Labute approximate surface area is 198 Å². The van der Waals surface area contributed by atoms with Crippen LogP contribution in [0.2, 0.25) is 0 Å². The van der Waals surface area contributed by atoms with Crippen LogP contribution in [0.1, 0.15) is 16.7 Å². The molecule has 34 heavy (non-hydrogen) atoms. The number of anilines is 2. The zero-order valence-corrected chi connectivity index (χ0v) is 19.4. The number of hydrogen-bond donors (Lipinski definition) is 1. The summed E-state index contributed by atoms with van der Waals surface area (Å²) in [4.78, 5) is 14.5. The van der Waals surface area contributed by atoms with Gasteiger partial charge in [-0.15, -0.1) is 10.2 Å². The van der Waals surface area contributed by atoms with Crippen molar-refractivity contribution in [1.82, 2.24) is 10.2 Å². The largest absolute Gasteiger partial charge is 0.416 e. The molecule has 3 aromatic rings. The van der Waals surface area contributed by atoms with E-state index in [0.29, 0.717) is 37.9 Å². The van der Waals surface area contributed by atoms with E-state index in [-0.39, 0.29) is 16.7 Å². The molecule has 0 aliphatic carbocycles. The Morgan fingerprint density at radius 2 is 1.79 bits per heavy atom. The lowest BCUT2D eigenvalue weighted by Crippen LogP contribution is -2.37. The van der Waals surface area contributed by atoms with Gasteiger partial charge in [0, 0.05) is 18.7 Å². The first-order valence-electron chi connectivity index (χ1n) is 10.6. The average molecular weight is 493 g/mol. The van der Waals surface area contributed by atoms with Crippen LogP contribution in [-0.2, 0) is 15.7 Å². The highest BCUT2D eigenvalue weighted by Crippen LogP contribution is 2.36. The molecular weight excluding hydrogens is 469 g/mol. The number of alkyl halides is 3. The lowest BCUT2D eigenvalue weighted by atomic mass is 10.1. The fourth-order valence-electron chi connectivity index (χ4n) is 3.69. The number of nitrogens with one attached hydrogen (secondary N) is 1. The molecule has 1 fully saturated rings. The number of carbonyl (C=O) groups excluding carboxylic acids is 1. The Balaban J connectivity index is 1.46. The molecule has 1 aliphatic rings. The number of benzene rings is 2. The molecule has 0 atom stereocenters. The molecule has 1 aromatic heterocycles. The molecule has 11 heteroatoms. The number of amides is 1. The smallest absolute Gasteiger partial charge is 0.411 e. The predicted molar refractivity (Wildman–Crippen MR) is 123 cm³/mol. The average Bonchev–Trinajstić information content (AvgIpc) is 3.26. The van der Waals surface area contributed by atoms with E-state index in [2.05, 4.69) is 15.5 Å². The molecule has 2 aromatic carbocycles. The van der Waals surface area contributed by atoms with Gasteiger partial charge in [0.05, 0.1) is 35.9 Å². The van der Waals surface area contributed by atoms with Crippen molar-refractivity contribution in [2.45, 2.75) is 25.2 Å². The SMILES string of the molecule is Cc1cc(C)cc(-c2nnc(SCC(=O)Nc3cc(C(F)(F)F)ccc3N3CCOCC3)o2)c1. The van der Waals surface area contributed by atoms with Crippen LogP contribution in [-0.4, -0.2) is 48.2 Å². The van der Waals surface area contributed by atoms with Gasteiger partial charge in [0.2, 0.25) is 11.8 Å². The third-order valence-electron chi connectivity index (χ3n) is 5.15. The van der Waals surface area contributed by atoms with E-state index >= 15 is 0 Å². The number of aromatic nitrogens is 2. The number of carbonyl (C=O) groups is 1. The summed E-state index contributed by atoms with van der Waals surface area (Å²) in [6.45, 7) is 5.89. The highest BCUT2D eigenvalue weighted by atomic mass is 32.2. The normalized spacial score (nSPS) is 14.3. The second kappa shape index (κ2) is 10.1. The number of thioether (sulfide) groups is 1. The van der Waals surface area contributed by atoms with Gasteiger partial charge >= 0.3 is 6.18 Å². The fraction of sp³-hybridized carbons (Fsp3) is 0.348. The number of aryl methyl sites for hydroxylation is 2. The minimum Gasteiger partial charge on any atom is -0.411 e. The van der Waals surface area contributed by atoms with Crippen molar-refractivity contribution in [2.75, 3.05) is 42.3 Å². The van der Waals surface area contributed by atoms with Crippen molar-refractivity contribution >= 4 is 29.0 Å². The van der Waals surface area contributed by atoms with Gasteiger partial charge in [-0.1, -0.05) is 29.0 Å². The van der Waals surface area contributed by atoms with Crippen molar-refractivity contribution in [3.63, 3.8) is 0 Å². The van der Waals surface area contributed by atoms with E-state index in [9.17, 15) is 18.0 Å². The van der Waals surface area contributed by atoms with Crippen LogP contribution in [0.15, 0.2) is 46.0 Å². The summed E-state index contributed by atoms with van der Waals surface area (Å²) in [6.07, 6.45) is -4.52. The van der Waals surface area contributed by atoms with Crippen molar-refractivity contribution < 1.29 is 27.1 Å². The first kappa shape index (κ1) is 24.1. The second-order valence-electron chi connectivity index (χ2n) is 7.92. The van der Waals surface area contributed by atoms with E-state index < -0.39 is 17.6 Å². The van der Waals surface area contributed by atoms with Gasteiger partial charge in [-0.25, -0.2) is 0 Å². The molecule has 1 saturated heterocycles. The van der Waals surface area contributed by atoms with Gasteiger partial charge in [-0.2, -0.15) is 13.2 Å². The zero-order valence-electron chi connectivity index (χ0n) is 18.6. The van der Waals surface area contributed by atoms with E-state index in [1.165, 1.54) is 6.07 Å². The maximum Gasteiger partial charge on any atom is 0.416 e. The first-order valence-corrected chi connectivity index (χ1v) is 11.6. The predicted octanol–water partition coefficient (Wildman–Crippen LogP) is 4.94. The van der Waals surface area contributed by atoms with Gasteiger partial charge in [0.25, 0.3) is 5.22 Å². The second-order valence-corrected chi connectivity index (χ2v) is 8.84. The number of ether oxygens (including phenoxy) is 1. The Morgan fingerprint density at radius 1 is 1.09 bits per heavy atom. The van der Waals surface area contributed by atoms with Crippen molar-refractivity contribution in [3.05, 3.63) is 53.1 Å². The number of rotatable bonds is 6. The van der Waals surface area contributed by atoms with Gasteiger partial charge in [-0.05, 0) is 44.2 Å². The molecule has 2 heterocycles. The minimum atomic E-state index is -4.52. The molecule has 1 amide bonds. The Morgan fingerprint density at radius 3 is 2.47 bits per heavy atom. The summed E-state index contributed by atoms with van der Waals surface area (Å²) >= 11 is 1.01. The van der Waals surface area contributed by atoms with E-state index in [1.807, 2.05) is 36.9 Å². The fourth-order valence-corrected chi connectivity index (χ4v) is 4.25. The van der Waals surface area contributed by atoms with E-state index in [4.69, 9.17) is 9.15 Å². The number of halogens is 3. The molecule has 0 spiro atoms. The van der Waals surface area contributed by atoms with Crippen LogP contribution in [0.4, 0.5) is 24.5 Å². The molecule has 0 saturated carbocycles. The first-order chi connectivity index (χ1) is 16.2. The topological polar surface area (TPSA) is 80.5 Å². The summed E-state index contributed by atoms with van der Waals surface area (Å²) in [5.74, 6) is -0.250. The lowest BCUT2D eigenvalue weighted by molar-refractivity contribution is -0.137. The van der Waals surface area contributed by atoms with Crippen LogP contribution in [0.3, 0.4) is 0 Å². The van der Waals surface area contributed by atoms with Crippen molar-refractivity contribution in [3.8, 4) is 11.5 Å². The van der Waals surface area contributed by atoms with Gasteiger partial charge in [0.1, 0.15) is 0 Å². The van der Waals surface area contributed by atoms with Crippen molar-refractivity contribution in [2.24, 2.45) is 0 Å². The molecule has 180 valence electrons. The van der Waals surface area contributed by atoms with E-state index in [1.54, 1.807) is 0 Å². The van der Waals surface area contributed by atoms with E-state index in [0.717, 1.165) is 40.6 Å². The number of nitrogens with zero attached hydrogens (tertiary/aromatic N) is 3. The quantitative estimate of drug-likeness (QED) is 0.488. The Bertz CT molecular complexity index is 1160. The minimum absolute atomic E-state index is 0.101. The molecule has 0 radical (unpaired) electrons. The maximum absolute atomic E-state index is 13.3. The van der Waals surface area contributed by atoms with Crippen molar-refractivity contribution in [1.29, 1.82) is 0 Å². The third kappa shape index (κ3) is 5.89. The third-order valence-corrected chi connectivity index (χ3v) is 5.97. The Kier molecular flexibility index (Phi) is 7.13.